The van der Waals surface area contributed by atoms with Crippen molar-refractivity contribution in [1.82, 2.24) is 9.80 Å². The number of nitrogens with two attached hydrogens (primary N) is 1. The first-order valence-corrected chi connectivity index (χ1v) is 7.59. The summed E-state index contributed by atoms with van der Waals surface area (Å²) in [6, 6.07) is 0.784. The van der Waals surface area contributed by atoms with Crippen LogP contribution >= 0.6 is 24.8 Å². The van der Waals surface area contributed by atoms with Crippen molar-refractivity contribution in [2.45, 2.75) is 43.7 Å². The molecule has 2 saturated heterocycles. The van der Waals surface area contributed by atoms with E-state index in [2.05, 4.69) is 4.90 Å². The molecule has 2 heterocycles. The molecular formula is C14H27Cl2N3O2. The number of hydrogen-bond acceptors (Lipinski definition) is 4. The number of piperazine rings is 1. The van der Waals surface area contributed by atoms with Gasteiger partial charge >= 0.3 is 0 Å². The Bertz CT molecular complexity index is 339. The summed E-state index contributed by atoms with van der Waals surface area (Å²) >= 11 is 0. The van der Waals surface area contributed by atoms with E-state index in [1.807, 2.05) is 4.90 Å². The van der Waals surface area contributed by atoms with Crippen LogP contribution in [-0.4, -0.2) is 66.7 Å². The minimum atomic E-state index is -0.670. The molecule has 5 nitrogen and oxygen atoms in total. The molecule has 3 fully saturated rings. The minimum Gasteiger partial charge on any atom is -0.381 e. The number of nitrogens with zero attached hydrogens (tertiary/aromatic N) is 2. The van der Waals surface area contributed by atoms with Gasteiger partial charge in [0.2, 0.25) is 5.91 Å². The average Bonchev–Trinajstić information content (AvgIpc) is 2.38. The second kappa shape index (κ2) is 7.97. The highest BCUT2D eigenvalue weighted by Crippen LogP contribution is 2.26. The van der Waals surface area contributed by atoms with Crippen molar-refractivity contribution in [2.75, 3.05) is 39.4 Å². The van der Waals surface area contributed by atoms with Crippen molar-refractivity contribution in [3.05, 3.63) is 0 Å². The van der Waals surface area contributed by atoms with Gasteiger partial charge in [-0.1, -0.05) is 6.42 Å². The zero-order chi connectivity index (χ0) is 13.3. The summed E-state index contributed by atoms with van der Waals surface area (Å²) < 4.78 is 5.31. The predicted molar refractivity (Wildman–Crippen MR) is 87.3 cm³/mol. The van der Waals surface area contributed by atoms with Crippen LogP contribution in [0.15, 0.2) is 0 Å². The lowest BCUT2D eigenvalue weighted by atomic mass is 9.89. The fourth-order valence-corrected chi connectivity index (χ4v) is 3.31. The van der Waals surface area contributed by atoms with Gasteiger partial charge in [-0.3, -0.25) is 9.69 Å². The van der Waals surface area contributed by atoms with Crippen LogP contribution in [0.1, 0.15) is 32.1 Å². The molecule has 0 unspecified atom stereocenters. The molecule has 0 atom stereocenters. The van der Waals surface area contributed by atoms with Gasteiger partial charge in [0.05, 0.1) is 5.54 Å². The summed E-state index contributed by atoms with van der Waals surface area (Å²) in [7, 11) is 0. The first kappa shape index (κ1) is 19.0. The Balaban J connectivity index is 0.00000110. The third-order valence-corrected chi connectivity index (χ3v) is 5.00. The Morgan fingerprint density at radius 3 is 2.10 bits per heavy atom. The highest BCUT2D eigenvalue weighted by molar-refractivity contribution is 5.86. The van der Waals surface area contributed by atoms with Crippen molar-refractivity contribution in [2.24, 2.45) is 5.73 Å². The molecule has 2 aliphatic heterocycles. The quantitative estimate of drug-likeness (QED) is 0.816. The van der Waals surface area contributed by atoms with Gasteiger partial charge in [0.1, 0.15) is 0 Å². The molecule has 1 aliphatic carbocycles. The van der Waals surface area contributed by atoms with Gasteiger partial charge in [-0.15, -0.1) is 24.8 Å². The van der Waals surface area contributed by atoms with Gasteiger partial charge in [-0.2, -0.15) is 0 Å². The molecule has 3 rings (SSSR count). The van der Waals surface area contributed by atoms with Gasteiger partial charge in [-0.25, -0.2) is 0 Å². The molecule has 1 saturated carbocycles. The van der Waals surface area contributed by atoms with Crippen LogP contribution < -0.4 is 5.73 Å². The molecular weight excluding hydrogens is 313 g/mol. The first-order chi connectivity index (χ1) is 9.19. The van der Waals surface area contributed by atoms with E-state index in [1.165, 1.54) is 19.3 Å². The molecule has 21 heavy (non-hydrogen) atoms. The lowest BCUT2D eigenvalue weighted by Crippen LogP contribution is -2.62. The molecule has 124 valence electrons. The molecule has 7 heteroatoms. The molecule has 0 bridgehead atoms. The molecule has 0 spiro atoms. The van der Waals surface area contributed by atoms with Gasteiger partial charge in [0.15, 0.2) is 0 Å². The Morgan fingerprint density at radius 1 is 1.05 bits per heavy atom. The van der Waals surface area contributed by atoms with E-state index >= 15 is 0 Å². The molecule has 0 radical (unpaired) electrons. The summed E-state index contributed by atoms with van der Waals surface area (Å²) in [5.74, 6) is 0.143. The Kier molecular flexibility index (Phi) is 7.20. The molecule has 1 amide bonds. The fourth-order valence-electron chi connectivity index (χ4n) is 3.31. The van der Waals surface area contributed by atoms with Crippen molar-refractivity contribution in [3.63, 3.8) is 0 Å². The Hall–Kier alpha value is -0.0700. The SMILES string of the molecule is Cl.Cl.NC1(C(=O)N2CCN(C3CCC3)CC2)CCOCC1. The predicted octanol–water partition coefficient (Wildman–Crippen LogP) is 1.03. The summed E-state index contributed by atoms with van der Waals surface area (Å²) in [5, 5.41) is 0. The lowest BCUT2D eigenvalue weighted by molar-refractivity contribution is -0.143. The third kappa shape index (κ3) is 4.02. The molecule has 0 aromatic carbocycles. The summed E-state index contributed by atoms with van der Waals surface area (Å²) in [4.78, 5) is 17.1. The monoisotopic (exact) mass is 339 g/mol. The van der Waals surface area contributed by atoms with Crippen molar-refractivity contribution >= 4 is 30.7 Å². The van der Waals surface area contributed by atoms with Crippen LogP contribution in [0.2, 0.25) is 0 Å². The van der Waals surface area contributed by atoms with Crippen molar-refractivity contribution < 1.29 is 9.53 Å². The average molecular weight is 340 g/mol. The maximum Gasteiger partial charge on any atom is 0.242 e. The van der Waals surface area contributed by atoms with Crippen molar-refractivity contribution in [3.8, 4) is 0 Å². The largest absolute Gasteiger partial charge is 0.381 e. The Labute approximate surface area is 139 Å². The minimum absolute atomic E-state index is 0. The second-order valence-electron chi connectivity index (χ2n) is 6.18. The number of halogens is 2. The molecule has 3 aliphatic rings. The second-order valence-corrected chi connectivity index (χ2v) is 6.18. The topological polar surface area (TPSA) is 58.8 Å². The number of amides is 1. The highest BCUT2D eigenvalue weighted by Gasteiger charge is 2.40. The maximum absolute atomic E-state index is 12.6. The number of carbonyl (C=O) groups is 1. The van der Waals surface area contributed by atoms with Gasteiger partial charge in [0.25, 0.3) is 0 Å². The van der Waals surface area contributed by atoms with E-state index in [9.17, 15) is 4.79 Å². The third-order valence-electron chi connectivity index (χ3n) is 5.00. The van der Waals surface area contributed by atoms with E-state index in [0.29, 0.717) is 26.1 Å². The zero-order valence-electron chi connectivity index (χ0n) is 12.5. The van der Waals surface area contributed by atoms with Crippen LogP contribution in [0.25, 0.3) is 0 Å². The Morgan fingerprint density at radius 2 is 1.62 bits per heavy atom. The van der Waals surface area contributed by atoms with Crippen LogP contribution in [0.3, 0.4) is 0 Å². The van der Waals surface area contributed by atoms with E-state index in [-0.39, 0.29) is 30.7 Å². The summed E-state index contributed by atoms with van der Waals surface area (Å²) in [6.45, 7) is 4.95. The number of carbonyl (C=O) groups excluding carboxylic acids is 1. The maximum atomic E-state index is 12.6. The van der Waals surface area contributed by atoms with Crippen LogP contribution in [0.4, 0.5) is 0 Å². The number of rotatable bonds is 2. The van der Waals surface area contributed by atoms with Gasteiger partial charge < -0.3 is 15.4 Å². The standard InChI is InChI=1S/C14H25N3O2.2ClH/c15-14(4-10-19-11-5-14)13(18)17-8-6-16(7-9-17)12-2-1-3-12;;/h12H,1-11,15H2;2*1H. The smallest absolute Gasteiger partial charge is 0.242 e. The van der Waals surface area contributed by atoms with Gasteiger partial charge in [-0.05, 0) is 25.7 Å². The molecule has 0 aromatic rings. The van der Waals surface area contributed by atoms with Crippen molar-refractivity contribution in [1.29, 1.82) is 0 Å². The van der Waals surface area contributed by atoms with Crippen LogP contribution in [-0.2, 0) is 9.53 Å². The van der Waals surface area contributed by atoms with E-state index in [4.69, 9.17) is 10.5 Å². The number of ether oxygens (including phenoxy) is 1. The van der Waals surface area contributed by atoms with Gasteiger partial charge in [0, 0.05) is 45.4 Å². The van der Waals surface area contributed by atoms with E-state index in [1.54, 1.807) is 0 Å². The summed E-state index contributed by atoms with van der Waals surface area (Å²) in [5.41, 5.74) is 5.61. The number of hydrogen-bond donors (Lipinski definition) is 1. The molecule has 0 aromatic heterocycles. The van der Waals surface area contributed by atoms with Crippen LogP contribution in [0.5, 0.6) is 0 Å². The zero-order valence-corrected chi connectivity index (χ0v) is 14.1. The summed E-state index contributed by atoms with van der Waals surface area (Å²) in [6.07, 6.45) is 5.37. The van der Waals surface area contributed by atoms with E-state index < -0.39 is 5.54 Å². The highest BCUT2D eigenvalue weighted by atomic mass is 35.5. The fraction of sp³-hybridized carbons (Fsp3) is 0.929. The van der Waals surface area contributed by atoms with Crippen LogP contribution in [0, 0.1) is 0 Å². The normalized spacial score (nSPS) is 26.2. The molecule has 2 N–H and O–H groups in total. The van der Waals surface area contributed by atoms with E-state index in [0.717, 1.165) is 32.2 Å². The first-order valence-electron chi connectivity index (χ1n) is 7.59. The lowest BCUT2D eigenvalue weighted by Gasteiger charge is -2.45.